The molecule has 1 aromatic rings. The molecule has 2 aliphatic rings. The van der Waals surface area contributed by atoms with Gasteiger partial charge in [0.2, 0.25) is 0 Å². The van der Waals surface area contributed by atoms with Gasteiger partial charge in [0.1, 0.15) is 0 Å². The SMILES string of the molecule is NC(=O)NCc1ccc(C(=O)N2C3CCNCC2CC3)cc1. The summed E-state index contributed by atoms with van der Waals surface area (Å²) in [4.78, 5) is 25.6. The molecule has 0 aromatic heterocycles. The molecule has 2 unspecified atom stereocenters. The number of hydrogen-bond donors (Lipinski definition) is 3. The number of carbonyl (C=O) groups excluding carboxylic acids is 2. The van der Waals surface area contributed by atoms with Gasteiger partial charge < -0.3 is 21.3 Å². The number of nitrogens with zero attached hydrogens (tertiary/aromatic N) is 1. The molecule has 6 heteroatoms. The van der Waals surface area contributed by atoms with E-state index in [1.807, 2.05) is 24.3 Å². The molecule has 2 bridgehead atoms. The smallest absolute Gasteiger partial charge is 0.312 e. The summed E-state index contributed by atoms with van der Waals surface area (Å²) in [5, 5.41) is 5.95. The van der Waals surface area contributed by atoms with E-state index in [9.17, 15) is 9.59 Å². The van der Waals surface area contributed by atoms with Crippen molar-refractivity contribution in [2.45, 2.75) is 37.9 Å². The van der Waals surface area contributed by atoms with Crippen LogP contribution in [-0.4, -0.2) is 42.0 Å². The largest absolute Gasteiger partial charge is 0.352 e. The van der Waals surface area contributed by atoms with Crippen LogP contribution in [0.5, 0.6) is 0 Å². The van der Waals surface area contributed by atoms with E-state index < -0.39 is 6.03 Å². The summed E-state index contributed by atoms with van der Waals surface area (Å²) in [7, 11) is 0. The van der Waals surface area contributed by atoms with Gasteiger partial charge in [0.15, 0.2) is 0 Å². The molecule has 3 amide bonds. The third-order valence-corrected chi connectivity index (χ3v) is 4.56. The van der Waals surface area contributed by atoms with Crippen LogP contribution in [0.1, 0.15) is 35.2 Å². The number of primary amides is 1. The standard InChI is InChI=1S/C16H22N4O2/c17-16(22)19-9-11-1-3-12(4-2-11)15(21)20-13-5-6-14(20)10-18-8-7-13/h1-4,13-14,18H,5-10H2,(H3,17,19,22). The van der Waals surface area contributed by atoms with Crippen LogP contribution in [0, 0.1) is 0 Å². The Kier molecular flexibility index (Phi) is 4.29. The van der Waals surface area contributed by atoms with Crippen molar-refractivity contribution < 1.29 is 9.59 Å². The lowest BCUT2D eigenvalue weighted by Gasteiger charge is -2.28. The fourth-order valence-corrected chi connectivity index (χ4v) is 3.42. The van der Waals surface area contributed by atoms with Crippen LogP contribution in [0.3, 0.4) is 0 Å². The predicted octanol–water partition coefficient (Wildman–Crippen LogP) is 0.821. The zero-order valence-corrected chi connectivity index (χ0v) is 12.5. The maximum absolute atomic E-state index is 12.8. The van der Waals surface area contributed by atoms with Crippen molar-refractivity contribution in [2.24, 2.45) is 5.73 Å². The molecule has 2 saturated heterocycles. The van der Waals surface area contributed by atoms with Crippen molar-refractivity contribution in [1.82, 2.24) is 15.5 Å². The third kappa shape index (κ3) is 3.06. The first kappa shape index (κ1) is 14.8. The van der Waals surface area contributed by atoms with Crippen molar-refractivity contribution in [3.63, 3.8) is 0 Å². The van der Waals surface area contributed by atoms with Gasteiger partial charge in [-0.15, -0.1) is 0 Å². The second-order valence-electron chi connectivity index (χ2n) is 6.00. The van der Waals surface area contributed by atoms with E-state index in [0.717, 1.165) is 37.9 Å². The van der Waals surface area contributed by atoms with Crippen LogP contribution in [0.15, 0.2) is 24.3 Å². The van der Waals surface area contributed by atoms with Crippen molar-refractivity contribution in [1.29, 1.82) is 0 Å². The highest BCUT2D eigenvalue weighted by molar-refractivity contribution is 5.95. The first-order valence-corrected chi connectivity index (χ1v) is 7.81. The van der Waals surface area contributed by atoms with Crippen LogP contribution in [0.4, 0.5) is 4.79 Å². The van der Waals surface area contributed by atoms with Gasteiger partial charge in [0.05, 0.1) is 0 Å². The summed E-state index contributed by atoms with van der Waals surface area (Å²) < 4.78 is 0. The van der Waals surface area contributed by atoms with Gasteiger partial charge >= 0.3 is 6.03 Å². The molecule has 0 aliphatic carbocycles. The number of amides is 3. The van der Waals surface area contributed by atoms with Gasteiger partial charge in [0.25, 0.3) is 5.91 Å². The predicted molar refractivity (Wildman–Crippen MR) is 83.3 cm³/mol. The Morgan fingerprint density at radius 1 is 1.18 bits per heavy atom. The molecule has 0 radical (unpaired) electrons. The topological polar surface area (TPSA) is 87.5 Å². The minimum Gasteiger partial charge on any atom is -0.352 e. The Labute approximate surface area is 130 Å². The first-order valence-electron chi connectivity index (χ1n) is 7.81. The second-order valence-corrected chi connectivity index (χ2v) is 6.00. The number of hydrogen-bond acceptors (Lipinski definition) is 3. The monoisotopic (exact) mass is 302 g/mol. The lowest BCUT2D eigenvalue weighted by molar-refractivity contribution is 0.0680. The van der Waals surface area contributed by atoms with Crippen LogP contribution in [0.2, 0.25) is 0 Å². The summed E-state index contributed by atoms with van der Waals surface area (Å²) in [6.07, 6.45) is 3.23. The highest BCUT2D eigenvalue weighted by Gasteiger charge is 2.38. The third-order valence-electron chi connectivity index (χ3n) is 4.56. The molecule has 22 heavy (non-hydrogen) atoms. The van der Waals surface area contributed by atoms with E-state index in [0.29, 0.717) is 24.2 Å². The van der Waals surface area contributed by atoms with Crippen molar-refractivity contribution in [3.8, 4) is 0 Å². The average Bonchev–Trinajstić information content (AvgIpc) is 2.78. The minimum absolute atomic E-state index is 0.116. The van der Waals surface area contributed by atoms with E-state index in [-0.39, 0.29) is 5.91 Å². The normalized spacial score (nSPS) is 23.9. The molecular formula is C16H22N4O2. The van der Waals surface area contributed by atoms with Crippen LogP contribution in [-0.2, 0) is 6.54 Å². The van der Waals surface area contributed by atoms with Crippen LogP contribution >= 0.6 is 0 Å². The molecule has 6 nitrogen and oxygen atoms in total. The number of urea groups is 1. The highest BCUT2D eigenvalue weighted by atomic mass is 16.2. The van der Waals surface area contributed by atoms with E-state index >= 15 is 0 Å². The molecule has 118 valence electrons. The molecule has 4 N–H and O–H groups in total. The molecule has 0 spiro atoms. The molecule has 0 saturated carbocycles. The lowest BCUT2D eigenvalue weighted by Crippen LogP contribution is -2.42. The van der Waals surface area contributed by atoms with E-state index in [2.05, 4.69) is 15.5 Å². The maximum Gasteiger partial charge on any atom is 0.312 e. The van der Waals surface area contributed by atoms with Gasteiger partial charge in [-0.05, 0) is 43.5 Å². The fourth-order valence-electron chi connectivity index (χ4n) is 3.42. The summed E-state index contributed by atoms with van der Waals surface area (Å²) in [6.45, 7) is 2.26. The summed E-state index contributed by atoms with van der Waals surface area (Å²) in [5.74, 6) is 0.116. The van der Waals surface area contributed by atoms with Gasteiger partial charge in [-0.3, -0.25) is 4.79 Å². The number of nitrogens with one attached hydrogen (secondary N) is 2. The number of nitrogens with two attached hydrogens (primary N) is 1. The molecule has 1 aromatic carbocycles. The van der Waals surface area contributed by atoms with Gasteiger partial charge in [-0.25, -0.2) is 4.79 Å². The number of rotatable bonds is 3. The van der Waals surface area contributed by atoms with Crippen LogP contribution in [0.25, 0.3) is 0 Å². The van der Waals surface area contributed by atoms with E-state index in [1.165, 1.54) is 0 Å². The van der Waals surface area contributed by atoms with Gasteiger partial charge in [-0.2, -0.15) is 0 Å². The first-order chi connectivity index (χ1) is 10.6. The second kappa shape index (κ2) is 6.36. The maximum atomic E-state index is 12.8. The number of benzene rings is 1. The van der Waals surface area contributed by atoms with E-state index in [1.54, 1.807) is 0 Å². The van der Waals surface area contributed by atoms with Gasteiger partial charge in [-0.1, -0.05) is 12.1 Å². The quantitative estimate of drug-likeness (QED) is 0.772. The molecule has 2 fully saturated rings. The van der Waals surface area contributed by atoms with Crippen molar-refractivity contribution in [2.75, 3.05) is 13.1 Å². The Morgan fingerprint density at radius 3 is 2.64 bits per heavy atom. The molecule has 2 aliphatic heterocycles. The molecule has 3 rings (SSSR count). The minimum atomic E-state index is -0.547. The summed E-state index contributed by atoms with van der Waals surface area (Å²) >= 11 is 0. The zero-order valence-electron chi connectivity index (χ0n) is 12.5. The zero-order chi connectivity index (χ0) is 15.5. The average molecular weight is 302 g/mol. The van der Waals surface area contributed by atoms with Crippen molar-refractivity contribution >= 4 is 11.9 Å². The summed E-state index contributed by atoms with van der Waals surface area (Å²) in [5.41, 5.74) is 6.69. The van der Waals surface area contributed by atoms with Crippen molar-refractivity contribution in [3.05, 3.63) is 35.4 Å². The molecule has 2 heterocycles. The molecular weight excluding hydrogens is 280 g/mol. The Hall–Kier alpha value is -2.08. The van der Waals surface area contributed by atoms with Crippen LogP contribution < -0.4 is 16.4 Å². The Morgan fingerprint density at radius 2 is 1.91 bits per heavy atom. The van der Waals surface area contributed by atoms with E-state index in [4.69, 9.17) is 5.73 Å². The summed E-state index contributed by atoms with van der Waals surface area (Å²) in [6, 6.07) is 7.52. The highest BCUT2D eigenvalue weighted by Crippen LogP contribution is 2.29. The Bertz CT molecular complexity index is 544. The lowest BCUT2D eigenvalue weighted by atomic mass is 10.1. The Balaban J connectivity index is 1.70. The number of fused-ring (bicyclic) bond motifs is 2. The molecule has 2 atom stereocenters. The number of carbonyl (C=O) groups is 2. The fraction of sp³-hybridized carbons (Fsp3) is 0.500. The van der Waals surface area contributed by atoms with Gasteiger partial charge in [0, 0.05) is 30.7 Å².